The van der Waals surface area contributed by atoms with Crippen LogP contribution < -0.4 is 9.04 Å². The highest BCUT2D eigenvalue weighted by atomic mass is 32.2. The van der Waals surface area contributed by atoms with Gasteiger partial charge in [0.25, 0.3) is 10.0 Å². The Hall–Kier alpha value is -3.71. The number of carbonyl (C=O) groups is 1. The Balaban J connectivity index is 1.78. The maximum Gasteiger partial charge on any atom is 0.416 e. The summed E-state index contributed by atoms with van der Waals surface area (Å²) < 4.78 is 107. The van der Waals surface area contributed by atoms with Gasteiger partial charge in [0, 0.05) is 5.56 Å². The summed E-state index contributed by atoms with van der Waals surface area (Å²) >= 11 is 0. The molecule has 0 aliphatic carbocycles. The van der Waals surface area contributed by atoms with Crippen molar-refractivity contribution in [2.75, 3.05) is 18.0 Å². The molecule has 0 aromatic heterocycles. The second-order valence-corrected chi connectivity index (χ2v) is 10.6. The van der Waals surface area contributed by atoms with Gasteiger partial charge in [0.05, 0.1) is 29.8 Å². The maximum absolute atomic E-state index is 14.5. The number of sulfonamides is 1. The van der Waals surface area contributed by atoms with E-state index in [1.807, 2.05) is 0 Å². The predicted molar refractivity (Wildman–Crippen MR) is 129 cm³/mol. The average molecular weight is 572 g/mol. The van der Waals surface area contributed by atoms with Gasteiger partial charge in [-0.25, -0.2) is 22.0 Å². The van der Waals surface area contributed by atoms with E-state index in [-0.39, 0.29) is 35.4 Å². The molecule has 208 valence electrons. The number of nitrogens with zero attached hydrogens (tertiary/aromatic N) is 1. The molecule has 0 saturated carbocycles. The van der Waals surface area contributed by atoms with Gasteiger partial charge in [-0.05, 0) is 66.9 Å². The molecule has 0 spiro atoms. The van der Waals surface area contributed by atoms with Gasteiger partial charge in [0.15, 0.2) is 6.10 Å². The first-order valence-electron chi connectivity index (χ1n) is 11.5. The fraction of sp³-hybridized carbons (Fsp3) is 0.269. The highest BCUT2D eigenvalue weighted by Gasteiger charge is 2.37. The molecule has 0 radical (unpaired) electrons. The van der Waals surface area contributed by atoms with Crippen molar-refractivity contribution in [1.29, 1.82) is 0 Å². The average Bonchev–Trinajstić information content (AvgIpc) is 2.91. The molecule has 7 nitrogen and oxygen atoms in total. The van der Waals surface area contributed by atoms with E-state index < -0.39 is 63.0 Å². The summed E-state index contributed by atoms with van der Waals surface area (Å²) in [5, 5.41) is 9.93. The van der Waals surface area contributed by atoms with Crippen LogP contribution in [-0.4, -0.2) is 45.4 Å². The molecule has 1 aliphatic rings. The van der Waals surface area contributed by atoms with Crippen LogP contribution in [0, 0.1) is 11.6 Å². The van der Waals surface area contributed by atoms with E-state index >= 15 is 0 Å². The van der Waals surface area contributed by atoms with E-state index in [0.29, 0.717) is 6.07 Å². The highest BCUT2D eigenvalue weighted by Crippen LogP contribution is 2.41. The zero-order chi connectivity index (χ0) is 28.5. The molecule has 1 N–H and O–H groups in total. The van der Waals surface area contributed by atoms with Crippen LogP contribution in [0.1, 0.15) is 18.4 Å². The maximum atomic E-state index is 14.5. The molecule has 0 amide bonds. The van der Waals surface area contributed by atoms with Gasteiger partial charge < -0.3 is 14.6 Å². The van der Waals surface area contributed by atoms with Crippen molar-refractivity contribution in [3.05, 3.63) is 77.9 Å². The smallest absolute Gasteiger partial charge is 0.416 e. The lowest BCUT2D eigenvalue weighted by atomic mass is 10.0. The molecule has 3 aromatic carbocycles. The molecular weight excluding hydrogens is 549 g/mol. The number of fused-ring (bicyclic) bond motifs is 1. The number of hydrogen-bond donors (Lipinski definition) is 1. The lowest BCUT2D eigenvalue weighted by molar-refractivity contribution is -0.150. The van der Waals surface area contributed by atoms with Gasteiger partial charge in [0.2, 0.25) is 0 Å². The normalized spacial score (nSPS) is 16.3. The van der Waals surface area contributed by atoms with Crippen LogP contribution in [0.4, 0.5) is 27.6 Å². The van der Waals surface area contributed by atoms with Crippen molar-refractivity contribution in [3.8, 4) is 16.9 Å². The Morgan fingerprint density at radius 2 is 1.87 bits per heavy atom. The van der Waals surface area contributed by atoms with Gasteiger partial charge >= 0.3 is 12.1 Å². The quantitative estimate of drug-likeness (QED) is 0.320. The first kappa shape index (κ1) is 28.3. The molecule has 1 aliphatic heterocycles. The van der Waals surface area contributed by atoms with Crippen molar-refractivity contribution in [2.45, 2.75) is 36.1 Å². The number of methoxy groups -OCH3 is 1. The Kier molecular flexibility index (Phi) is 7.84. The first-order chi connectivity index (χ1) is 18.3. The number of ether oxygens (including phenoxy) is 2. The number of alkyl halides is 3. The van der Waals surface area contributed by atoms with Gasteiger partial charge in [-0.3, -0.25) is 4.31 Å². The zero-order valence-electron chi connectivity index (χ0n) is 20.3. The summed E-state index contributed by atoms with van der Waals surface area (Å²) in [6.45, 7) is -0.408. The summed E-state index contributed by atoms with van der Waals surface area (Å²) in [6.07, 6.45) is -7.41. The lowest BCUT2D eigenvalue weighted by Crippen LogP contribution is -2.44. The molecule has 0 bridgehead atoms. The monoisotopic (exact) mass is 571 g/mol. The minimum absolute atomic E-state index is 0.00470. The van der Waals surface area contributed by atoms with E-state index in [1.165, 1.54) is 18.2 Å². The minimum atomic E-state index is -4.80. The first-order valence-corrected chi connectivity index (χ1v) is 13.0. The molecule has 1 heterocycles. The van der Waals surface area contributed by atoms with Crippen LogP contribution in [0.5, 0.6) is 5.75 Å². The molecule has 3 aromatic rings. The number of rotatable bonds is 7. The van der Waals surface area contributed by atoms with Crippen molar-refractivity contribution < 1.29 is 49.7 Å². The molecule has 39 heavy (non-hydrogen) atoms. The van der Waals surface area contributed by atoms with Crippen LogP contribution >= 0.6 is 0 Å². The third-order valence-electron chi connectivity index (χ3n) is 6.11. The number of aliphatic hydroxyl groups excluding tert-OH is 1. The van der Waals surface area contributed by atoms with Crippen LogP contribution in [0.3, 0.4) is 0 Å². The molecule has 1 unspecified atom stereocenters. The number of carbonyl (C=O) groups excluding carboxylic acids is 1. The van der Waals surface area contributed by atoms with Crippen LogP contribution in [0.15, 0.2) is 65.6 Å². The van der Waals surface area contributed by atoms with E-state index in [9.17, 15) is 40.3 Å². The lowest BCUT2D eigenvalue weighted by Gasteiger charge is -2.36. The molecule has 13 heteroatoms. The van der Waals surface area contributed by atoms with Gasteiger partial charge in [-0.15, -0.1) is 0 Å². The van der Waals surface area contributed by atoms with E-state index in [4.69, 9.17) is 4.74 Å². The second kappa shape index (κ2) is 10.8. The Morgan fingerprint density at radius 1 is 1.13 bits per heavy atom. The third kappa shape index (κ3) is 5.98. The summed E-state index contributed by atoms with van der Waals surface area (Å²) in [4.78, 5) is 10.9. The second-order valence-electron chi connectivity index (χ2n) is 8.72. The zero-order valence-corrected chi connectivity index (χ0v) is 21.1. The van der Waals surface area contributed by atoms with Gasteiger partial charge in [0.1, 0.15) is 23.5 Å². The van der Waals surface area contributed by atoms with Gasteiger partial charge in [-0.1, -0.05) is 12.1 Å². The van der Waals surface area contributed by atoms with Crippen LogP contribution in [0.2, 0.25) is 0 Å². The van der Waals surface area contributed by atoms with Crippen molar-refractivity contribution in [3.63, 3.8) is 0 Å². The molecule has 2 atom stereocenters. The van der Waals surface area contributed by atoms with E-state index in [1.54, 1.807) is 0 Å². The van der Waals surface area contributed by atoms with Crippen molar-refractivity contribution in [1.82, 2.24) is 0 Å². The Labute approximate surface area is 220 Å². The van der Waals surface area contributed by atoms with E-state index in [2.05, 4.69) is 4.74 Å². The summed E-state index contributed by atoms with van der Waals surface area (Å²) in [7, 11) is -3.55. The minimum Gasteiger partial charge on any atom is -0.486 e. The summed E-state index contributed by atoms with van der Waals surface area (Å²) in [5.74, 6) is -2.43. The largest absolute Gasteiger partial charge is 0.486 e. The van der Waals surface area contributed by atoms with Crippen molar-refractivity contribution >= 4 is 21.7 Å². The van der Waals surface area contributed by atoms with Gasteiger partial charge in [-0.2, -0.15) is 13.2 Å². The number of hydrogen-bond acceptors (Lipinski definition) is 6. The Bertz CT molecular complexity index is 1490. The SMILES string of the molecule is COC(=O)C(O)CC[C@H]1CN(S(=O)(=O)c2cccc(C(F)(F)F)c2)c2cc(-c3cc(F)ccc3F)ccc2O1. The number of halogens is 5. The number of esters is 1. The molecule has 0 fully saturated rings. The topological polar surface area (TPSA) is 93.1 Å². The molecular formula is C26H22F5NO6S. The standard InChI is InChI=1S/C26H22F5NO6S/c1-37-25(34)23(33)9-7-18-14-32(39(35,36)19-4-2-3-16(12-19)26(29,30)31)22-11-15(5-10-24(22)38-18)20-13-17(27)6-8-21(20)28/h2-6,8,10-13,18,23,33H,7,9,14H2,1H3/t18-,23?/m0/s1. The summed E-state index contributed by atoms with van der Waals surface area (Å²) in [6, 6.07) is 9.86. The fourth-order valence-electron chi connectivity index (χ4n) is 4.13. The van der Waals surface area contributed by atoms with E-state index in [0.717, 1.165) is 47.8 Å². The number of anilines is 1. The molecule has 0 saturated heterocycles. The molecule has 4 rings (SSSR count). The van der Waals surface area contributed by atoms with Crippen molar-refractivity contribution in [2.24, 2.45) is 0 Å². The third-order valence-corrected chi connectivity index (χ3v) is 7.89. The predicted octanol–water partition coefficient (Wildman–Crippen LogP) is 4.92. The number of aliphatic hydroxyl groups is 1. The fourth-order valence-corrected chi connectivity index (χ4v) is 5.68. The van der Waals surface area contributed by atoms with Crippen LogP contribution in [0.25, 0.3) is 11.1 Å². The van der Waals surface area contributed by atoms with Crippen LogP contribution in [-0.2, 0) is 25.7 Å². The highest BCUT2D eigenvalue weighted by molar-refractivity contribution is 7.92. The Morgan fingerprint density at radius 3 is 2.56 bits per heavy atom. The summed E-state index contributed by atoms with van der Waals surface area (Å²) in [5.41, 5.74) is -1.36. The number of benzene rings is 3.